The number of fused-ring (bicyclic) bond motifs is 1. The number of piperazine rings is 1. The van der Waals surface area contributed by atoms with Gasteiger partial charge in [0.25, 0.3) is 11.8 Å². The second kappa shape index (κ2) is 11.4. The van der Waals surface area contributed by atoms with Gasteiger partial charge in [-0.3, -0.25) is 14.9 Å². The predicted octanol–water partition coefficient (Wildman–Crippen LogP) is 6.24. The van der Waals surface area contributed by atoms with Gasteiger partial charge in [0, 0.05) is 53.4 Å². The van der Waals surface area contributed by atoms with Crippen molar-refractivity contribution in [3.05, 3.63) is 106 Å². The van der Waals surface area contributed by atoms with Crippen molar-refractivity contribution in [3.63, 3.8) is 0 Å². The van der Waals surface area contributed by atoms with E-state index in [0.717, 1.165) is 16.5 Å². The van der Waals surface area contributed by atoms with Crippen molar-refractivity contribution in [2.75, 3.05) is 36.4 Å². The van der Waals surface area contributed by atoms with Gasteiger partial charge in [0.15, 0.2) is 5.11 Å². The molecule has 2 N–H and O–H groups in total. The van der Waals surface area contributed by atoms with E-state index >= 15 is 0 Å². The molecular formula is C29H24Cl2N4O2S. The van der Waals surface area contributed by atoms with E-state index in [0.29, 0.717) is 53.0 Å². The first-order chi connectivity index (χ1) is 18.4. The molecule has 0 aliphatic carbocycles. The molecule has 0 spiro atoms. The Bertz CT molecular complexity index is 1520. The minimum absolute atomic E-state index is 0.0399. The summed E-state index contributed by atoms with van der Waals surface area (Å²) in [6.07, 6.45) is 0. The fourth-order valence-electron chi connectivity index (χ4n) is 4.56. The van der Waals surface area contributed by atoms with Crippen molar-refractivity contribution in [1.29, 1.82) is 0 Å². The molecule has 1 fully saturated rings. The Morgan fingerprint density at radius 3 is 2.21 bits per heavy atom. The van der Waals surface area contributed by atoms with Gasteiger partial charge in [-0.25, -0.2) is 0 Å². The molecule has 6 nitrogen and oxygen atoms in total. The molecule has 38 heavy (non-hydrogen) atoms. The van der Waals surface area contributed by atoms with Crippen LogP contribution in [0.5, 0.6) is 0 Å². The van der Waals surface area contributed by atoms with Crippen LogP contribution in [0, 0.1) is 0 Å². The Kier molecular flexibility index (Phi) is 7.79. The number of hydrogen-bond acceptors (Lipinski definition) is 4. The zero-order valence-electron chi connectivity index (χ0n) is 20.3. The molecule has 0 atom stereocenters. The lowest BCUT2D eigenvalue weighted by Crippen LogP contribution is -2.48. The van der Waals surface area contributed by atoms with Crippen LogP contribution in [0.4, 0.5) is 11.4 Å². The molecule has 1 heterocycles. The summed E-state index contributed by atoms with van der Waals surface area (Å²) in [5.74, 6) is -0.293. The second-order valence-electron chi connectivity index (χ2n) is 8.86. The minimum atomic E-state index is -0.332. The average Bonchev–Trinajstić information content (AvgIpc) is 2.93. The SMILES string of the molecule is O=C(NC(=S)Nc1ccc(N2CCN(C(=O)c3ccccc3)CC2)c(Cl)c1)c1cccc2c(Cl)cccc12. The first-order valence-corrected chi connectivity index (χ1v) is 13.3. The van der Waals surface area contributed by atoms with E-state index in [1.54, 1.807) is 24.3 Å². The summed E-state index contributed by atoms with van der Waals surface area (Å²) >= 11 is 18.3. The molecule has 192 valence electrons. The van der Waals surface area contributed by atoms with Gasteiger partial charge in [-0.05, 0) is 60.1 Å². The lowest BCUT2D eigenvalue weighted by molar-refractivity contribution is 0.0746. The minimum Gasteiger partial charge on any atom is -0.367 e. The summed E-state index contributed by atoms with van der Waals surface area (Å²) in [6, 6.07) is 25.7. The molecule has 4 aromatic carbocycles. The van der Waals surface area contributed by atoms with Gasteiger partial charge in [0.05, 0.1) is 10.7 Å². The number of carbonyl (C=O) groups is 2. The van der Waals surface area contributed by atoms with Crippen molar-refractivity contribution < 1.29 is 9.59 Å². The van der Waals surface area contributed by atoms with Crippen molar-refractivity contribution in [1.82, 2.24) is 10.2 Å². The van der Waals surface area contributed by atoms with Crippen LogP contribution in [0.2, 0.25) is 10.0 Å². The summed E-state index contributed by atoms with van der Waals surface area (Å²) in [6.45, 7) is 2.57. The number of anilines is 2. The van der Waals surface area contributed by atoms with Gasteiger partial charge in [-0.15, -0.1) is 0 Å². The number of benzene rings is 4. The van der Waals surface area contributed by atoms with E-state index in [1.807, 2.05) is 65.6 Å². The first-order valence-electron chi connectivity index (χ1n) is 12.1. The first kappa shape index (κ1) is 26.0. The molecule has 1 aliphatic rings. The van der Waals surface area contributed by atoms with Gasteiger partial charge in [0.2, 0.25) is 0 Å². The molecule has 5 rings (SSSR count). The monoisotopic (exact) mass is 562 g/mol. The zero-order chi connectivity index (χ0) is 26.6. The van der Waals surface area contributed by atoms with E-state index in [4.69, 9.17) is 35.4 Å². The third-order valence-electron chi connectivity index (χ3n) is 6.47. The topological polar surface area (TPSA) is 64.7 Å². The standard InChI is InChI=1S/C29H24Cl2N4O2S/c30-24-11-5-8-21-22(24)9-4-10-23(21)27(36)33-29(38)32-20-12-13-26(25(31)18-20)34-14-16-35(17-15-34)28(37)19-6-2-1-3-7-19/h1-13,18H,14-17H2,(H2,32,33,36,38). The van der Waals surface area contributed by atoms with Crippen LogP contribution in [-0.4, -0.2) is 48.0 Å². The fraction of sp³-hybridized carbons (Fsp3) is 0.138. The summed E-state index contributed by atoms with van der Waals surface area (Å²) in [7, 11) is 0. The van der Waals surface area contributed by atoms with E-state index in [-0.39, 0.29) is 16.9 Å². The number of rotatable bonds is 4. The Balaban J connectivity index is 1.20. The van der Waals surface area contributed by atoms with Crippen LogP contribution in [0.25, 0.3) is 10.8 Å². The summed E-state index contributed by atoms with van der Waals surface area (Å²) in [5.41, 5.74) is 2.71. The number of amides is 2. The van der Waals surface area contributed by atoms with Crippen molar-refractivity contribution in [3.8, 4) is 0 Å². The van der Waals surface area contributed by atoms with Crippen molar-refractivity contribution >= 4 is 74.5 Å². The smallest absolute Gasteiger partial charge is 0.258 e. The molecule has 1 aliphatic heterocycles. The largest absolute Gasteiger partial charge is 0.367 e. The molecule has 4 aromatic rings. The van der Waals surface area contributed by atoms with Crippen LogP contribution < -0.4 is 15.5 Å². The van der Waals surface area contributed by atoms with Gasteiger partial charge < -0.3 is 15.1 Å². The van der Waals surface area contributed by atoms with E-state index in [2.05, 4.69) is 15.5 Å². The maximum atomic E-state index is 12.9. The molecule has 0 saturated carbocycles. The van der Waals surface area contributed by atoms with Crippen LogP contribution in [-0.2, 0) is 0 Å². The Hall–Kier alpha value is -3.65. The quantitative estimate of drug-likeness (QED) is 0.288. The Labute approximate surface area is 236 Å². The van der Waals surface area contributed by atoms with Crippen LogP contribution in [0.1, 0.15) is 20.7 Å². The highest BCUT2D eigenvalue weighted by molar-refractivity contribution is 7.80. The number of halogens is 2. The van der Waals surface area contributed by atoms with Crippen molar-refractivity contribution in [2.24, 2.45) is 0 Å². The number of thiocarbonyl (C=S) groups is 1. The second-order valence-corrected chi connectivity index (χ2v) is 10.1. The lowest BCUT2D eigenvalue weighted by Gasteiger charge is -2.36. The molecule has 0 unspecified atom stereocenters. The van der Waals surface area contributed by atoms with Crippen LogP contribution >= 0.6 is 35.4 Å². The lowest BCUT2D eigenvalue weighted by atomic mass is 10.0. The number of nitrogens with zero attached hydrogens (tertiary/aromatic N) is 2. The highest BCUT2D eigenvalue weighted by atomic mass is 35.5. The maximum absolute atomic E-state index is 12.9. The van der Waals surface area contributed by atoms with E-state index in [1.165, 1.54) is 0 Å². The summed E-state index contributed by atoms with van der Waals surface area (Å²) in [5, 5.41) is 8.60. The van der Waals surface area contributed by atoms with Crippen LogP contribution in [0.3, 0.4) is 0 Å². The van der Waals surface area contributed by atoms with Gasteiger partial charge >= 0.3 is 0 Å². The van der Waals surface area contributed by atoms with Gasteiger partial charge in [-0.1, -0.05) is 65.7 Å². The Morgan fingerprint density at radius 2 is 1.47 bits per heavy atom. The zero-order valence-corrected chi connectivity index (χ0v) is 22.6. The average molecular weight is 564 g/mol. The number of hydrogen-bond donors (Lipinski definition) is 2. The summed E-state index contributed by atoms with van der Waals surface area (Å²) in [4.78, 5) is 29.7. The highest BCUT2D eigenvalue weighted by Crippen LogP contribution is 2.30. The van der Waals surface area contributed by atoms with Gasteiger partial charge in [-0.2, -0.15) is 0 Å². The molecule has 0 radical (unpaired) electrons. The normalized spacial score (nSPS) is 13.3. The van der Waals surface area contributed by atoms with Gasteiger partial charge in [0.1, 0.15) is 0 Å². The van der Waals surface area contributed by atoms with E-state index < -0.39 is 0 Å². The summed E-state index contributed by atoms with van der Waals surface area (Å²) < 4.78 is 0. The third-order valence-corrected chi connectivity index (χ3v) is 7.31. The molecule has 0 bridgehead atoms. The maximum Gasteiger partial charge on any atom is 0.258 e. The van der Waals surface area contributed by atoms with Crippen molar-refractivity contribution in [2.45, 2.75) is 0 Å². The Morgan fingerprint density at radius 1 is 0.763 bits per heavy atom. The fourth-order valence-corrected chi connectivity index (χ4v) is 5.31. The van der Waals surface area contributed by atoms with Crippen LogP contribution in [0.15, 0.2) is 84.9 Å². The molecule has 9 heteroatoms. The molecular weight excluding hydrogens is 539 g/mol. The third kappa shape index (κ3) is 5.60. The van der Waals surface area contributed by atoms with E-state index in [9.17, 15) is 9.59 Å². The number of carbonyl (C=O) groups excluding carboxylic acids is 2. The number of nitrogens with one attached hydrogen (secondary N) is 2. The molecule has 1 saturated heterocycles. The molecule has 0 aromatic heterocycles. The predicted molar refractivity (Wildman–Crippen MR) is 159 cm³/mol. The highest BCUT2D eigenvalue weighted by Gasteiger charge is 2.23. The molecule has 2 amide bonds.